The molecule has 4 nitrogen and oxygen atoms in total. The van der Waals surface area contributed by atoms with Crippen LogP contribution in [0.15, 0.2) is 121 Å². The van der Waals surface area contributed by atoms with E-state index in [9.17, 15) is 0 Å². The van der Waals surface area contributed by atoms with E-state index < -0.39 is 0 Å². The first-order valence-electron chi connectivity index (χ1n) is 13.7. The van der Waals surface area contributed by atoms with Crippen molar-refractivity contribution >= 4 is 5.69 Å². The van der Waals surface area contributed by atoms with Gasteiger partial charge < -0.3 is 0 Å². The zero-order valence-electron chi connectivity index (χ0n) is 22.8. The van der Waals surface area contributed by atoms with Gasteiger partial charge in [-0.2, -0.15) is 0 Å². The van der Waals surface area contributed by atoms with Crippen molar-refractivity contribution in [2.24, 2.45) is 0 Å². The molecule has 1 aliphatic rings. The number of nitrogens with zero attached hydrogens (tertiary/aromatic N) is 4. The molecule has 1 aliphatic carbocycles. The largest absolute Gasteiger partial charge is 0.238 e. The number of hydrogen-bond donors (Lipinski definition) is 0. The van der Waals surface area contributed by atoms with Crippen molar-refractivity contribution in [2.75, 3.05) is 0 Å². The molecule has 0 saturated carbocycles. The Morgan fingerprint density at radius 1 is 0.512 bits per heavy atom. The molecular weight excluding hydrogens is 500 g/mol. The summed E-state index contributed by atoms with van der Waals surface area (Å²) >= 11 is 0. The van der Waals surface area contributed by atoms with E-state index in [0.29, 0.717) is 23.2 Å². The number of fused-ring (bicyclic) bond motifs is 3. The van der Waals surface area contributed by atoms with Gasteiger partial charge in [0.15, 0.2) is 23.2 Å². The van der Waals surface area contributed by atoms with Crippen LogP contribution in [-0.2, 0) is 5.41 Å². The van der Waals surface area contributed by atoms with Gasteiger partial charge in [0, 0.05) is 22.1 Å². The minimum atomic E-state index is -0.140. The SMILES string of the molecule is [C-]#[N+]c1cccc2c1-c1cc(-c3ccc(-c4nc(-c5ccccc5)nc(-c5ccccc5)n4)cc3)ccc1C2(C)C. The molecule has 4 heteroatoms. The number of hydrogen-bond acceptors (Lipinski definition) is 3. The van der Waals surface area contributed by atoms with Crippen LogP contribution in [0.2, 0.25) is 0 Å². The summed E-state index contributed by atoms with van der Waals surface area (Å²) in [5.41, 5.74) is 10.3. The van der Waals surface area contributed by atoms with Gasteiger partial charge in [0.05, 0.1) is 6.57 Å². The van der Waals surface area contributed by atoms with Crippen molar-refractivity contribution < 1.29 is 0 Å². The maximum atomic E-state index is 7.75. The van der Waals surface area contributed by atoms with Gasteiger partial charge in [-0.1, -0.05) is 129 Å². The van der Waals surface area contributed by atoms with E-state index in [1.165, 1.54) is 11.1 Å². The van der Waals surface area contributed by atoms with Crippen LogP contribution < -0.4 is 0 Å². The Hall–Kier alpha value is -5.40. The highest BCUT2D eigenvalue weighted by Gasteiger charge is 2.36. The highest BCUT2D eigenvalue weighted by Crippen LogP contribution is 2.52. The Kier molecular flexibility index (Phi) is 5.80. The van der Waals surface area contributed by atoms with E-state index in [-0.39, 0.29) is 5.41 Å². The van der Waals surface area contributed by atoms with Crippen LogP contribution >= 0.6 is 0 Å². The Balaban J connectivity index is 1.30. The maximum absolute atomic E-state index is 7.75. The van der Waals surface area contributed by atoms with E-state index in [1.54, 1.807) is 0 Å². The average Bonchev–Trinajstić information content (AvgIpc) is 3.27. The molecule has 0 N–H and O–H groups in total. The minimum absolute atomic E-state index is 0.140. The van der Waals surface area contributed by atoms with Crippen molar-refractivity contribution in [3.05, 3.63) is 144 Å². The van der Waals surface area contributed by atoms with E-state index >= 15 is 0 Å². The first-order chi connectivity index (χ1) is 20.0. The van der Waals surface area contributed by atoms with Crippen molar-refractivity contribution in [3.63, 3.8) is 0 Å². The molecule has 0 saturated heterocycles. The molecule has 1 heterocycles. The molecule has 0 bridgehead atoms. The molecule has 0 fully saturated rings. The summed E-state index contributed by atoms with van der Waals surface area (Å²) in [7, 11) is 0. The fraction of sp³-hybridized carbons (Fsp3) is 0.0811. The monoisotopic (exact) mass is 526 g/mol. The predicted molar refractivity (Wildman–Crippen MR) is 165 cm³/mol. The Bertz CT molecular complexity index is 1890. The number of benzene rings is 5. The second kappa shape index (κ2) is 9.66. The summed E-state index contributed by atoms with van der Waals surface area (Å²) in [5.74, 6) is 1.93. The second-order valence-corrected chi connectivity index (χ2v) is 10.8. The third kappa shape index (κ3) is 4.20. The summed E-state index contributed by atoms with van der Waals surface area (Å²) in [5, 5.41) is 0. The lowest BCUT2D eigenvalue weighted by atomic mass is 9.82. The van der Waals surface area contributed by atoms with Crippen molar-refractivity contribution in [2.45, 2.75) is 19.3 Å². The molecular formula is C37H26N4. The standard InChI is InChI=1S/C37H26N4/c1-37(2)30-22-21-28(23-29(30)33-31(37)15-10-16-32(33)38-3)24-17-19-27(20-18-24)36-40-34(25-11-6-4-7-12-25)39-35(41-36)26-13-8-5-9-14-26/h4-23H,1-2H3. The molecule has 0 atom stereocenters. The first kappa shape index (κ1) is 24.6. The third-order valence-corrected chi connectivity index (χ3v) is 7.97. The van der Waals surface area contributed by atoms with E-state index in [4.69, 9.17) is 21.5 Å². The van der Waals surface area contributed by atoms with Crippen molar-refractivity contribution in [1.29, 1.82) is 0 Å². The molecule has 0 radical (unpaired) electrons. The predicted octanol–water partition coefficient (Wildman–Crippen LogP) is 9.40. The Labute approximate surface area is 239 Å². The molecule has 5 aromatic carbocycles. The van der Waals surface area contributed by atoms with Gasteiger partial charge in [-0.3, -0.25) is 0 Å². The third-order valence-electron chi connectivity index (χ3n) is 7.97. The Morgan fingerprint density at radius 2 is 1.02 bits per heavy atom. The van der Waals surface area contributed by atoms with E-state index in [1.807, 2.05) is 72.8 Å². The zero-order chi connectivity index (χ0) is 28.0. The second-order valence-electron chi connectivity index (χ2n) is 10.8. The van der Waals surface area contributed by atoms with Crippen LogP contribution in [0.25, 0.3) is 61.3 Å². The average molecular weight is 527 g/mol. The molecule has 41 heavy (non-hydrogen) atoms. The topological polar surface area (TPSA) is 43.0 Å². The van der Waals surface area contributed by atoms with E-state index in [0.717, 1.165) is 38.9 Å². The quantitative estimate of drug-likeness (QED) is 0.215. The summed E-state index contributed by atoms with van der Waals surface area (Å²) in [6.45, 7) is 12.2. The van der Waals surface area contributed by atoms with Gasteiger partial charge in [-0.05, 0) is 39.4 Å². The summed E-state index contributed by atoms with van der Waals surface area (Å²) < 4.78 is 0. The highest BCUT2D eigenvalue weighted by molar-refractivity contribution is 5.92. The molecule has 0 unspecified atom stereocenters. The van der Waals surface area contributed by atoms with Crippen molar-refractivity contribution in [1.82, 2.24) is 15.0 Å². The van der Waals surface area contributed by atoms with Crippen LogP contribution in [0, 0.1) is 6.57 Å². The molecule has 0 amide bonds. The zero-order valence-corrected chi connectivity index (χ0v) is 22.8. The summed E-state index contributed by atoms with van der Waals surface area (Å²) in [6.07, 6.45) is 0. The lowest BCUT2D eigenvalue weighted by Gasteiger charge is -2.21. The fourth-order valence-corrected chi connectivity index (χ4v) is 5.81. The lowest BCUT2D eigenvalue weighted by molar-refractivity contribution is 0.660. The van der Waals surface area contributed by atoms with Crippen LogP contribution in [0.5, 0.6) is 0 Å². The van der Waals surface area contributed by atoms with Crippen LogP contribution in [0.4, 0.5) is 5.69 Å². The normalized spacial score (nSPS) is 12.8. The van der Waals surface area contributed by atoms with Gasteiger partial charge in [0.2, 0.25) is 0 Å². The van der Waals surface area contributed by atoms with Crippen LogP contribution in [-0.4, -0.2) is 15.0 Å². The molecule has 0 spiro atoms. The lowest BCUT2D eigenvalue weighted by Crippen LogP contribution is -2.14. The number of rotatable bonds is 4. The van der Waals surface area contributed by atoms with E-state index in [2.05, 4.69) is 67.2 Å². The summed E-state index contributed by atoms with van der Waals surface area (Å²) in [6, 6.07) is 41.1. The molecule has 194 valence electrons. The van der Waals surface area contributed by atoms with Crippen molar-refractivity contribution in [3.8, 4) is 56.4 Å². The fourth-order valence-electron chi connectivity index (χ4n) is 5.81. The van der Waals surface area contributed by atoms with Crippen LogP contribution in [0.3, 0.4) is 0 Å². The molecule has 7 rings (SSSR count). The molecule has 1 aromatic heterocycles. The maximum Gasteiger partial charge on any atom is 0.195 e. The van der Waals surface area contributed by atoms with Gasteiger partial charge in [0.1, 0.15) is 0 Å². The first-order valence-corrected chi connectivity index (χ1v) is 13.7. The highest BCUT2D eigenvalue weighted by atomic mass is 15.0. The van der Waals surface area contributed by atoms with Gasteiger partial charge in [-0.15, -0.1) is 0 Å². The molecule has 0 aliphatic heterocycles. The smallest absolute Gasteiger partial charge is 0.195 e. The van der Waals surface area contributed by atoms with Crippen LogP contribution in [0.1, 0.15) is 25.0 Å². The number of aromatic nitrogens is 3. The van der Waals surface area contributed by atoms with Gasteiger partial charge >= 0.3 is 0 Å². The molecule has 6 aromatic rings. The minimum Gasteiger partial charge on any atom is -0.238 e. The van der Waals surface area contributed by atoms with Gasteiger partial charge in [-0.25, -0.2) is 19.8 Å². The Morgan fingerprint density at radius 3 is 1.59 bits per heavy atom. The summed E-state index contributed by atoms with van der Waals surface area (Å²) in [4.78, 5) is 18.4. The van der Waals surface area contributed by atoms with Gasteiger partial charge in [0.25, 0.3) is 0 Å².